The van der Waals surface area contributed by atoms with Crippen molar-refractivity contribution in [3.8, 4) is 6.07 Å². The van der Waals surface area contributed by atoms with Crippen molar-refractivity contribution in [2.75, 3.05) is 0 Å². The van der Waals surface area contributed by atoms with Crippen LogP contribution in [0.2, 0.25) is 0 Å². The third-order valence-electron chi connectivity index (χ3n) is 3.85. The Bertz CT molecular complexity index is 545. The van der Waals surface area contributed by atoms with E-state index < -0.39 is 18.3 Å². The Labute approximate surface area is 114 Å². The van der Waals surface area contributed by atoms with E-state index in [1.807, 2.05) is 27.7 Å². The largest absolute Gasteiger partial charge is 0.496 e. The van der Waals surface area contributed by atoms with E-state index in [0.29, 0.717) is 11.0 Å². The summed E-state index contributed by atoms with van der Waals surface area (Å²) in [6.45, 7) is 11.7. The Morgan fingerprint density at radius 1 is 1.26 bits per heavy atom. The molecule has 1 saturated heterocycles. The topological polar surface area (TPSA) is 55.1 Å². The van der Waals surface area contributed by atoms with Gasteiger partial charge in [-0.1, -0.05) is 12.7 Å². The first kappa shape index (κ1) is 13.8. The van der Waals surface area contributed by atoms with Gasteiger partial charge >= 0.3 is 7.12 Å². The predicted molar refractivity (Wildman–Crippen MR) is 74.8 cm³/mol. The molecule has 1 fully saturated rings. The average molecular weight is 256 g/mol. The summed E-state index contributed by atoms with van der Waals surface area (Å²) in [5.74, 6) is 0. The zero-order chi connectivity index (χ0) is 14.3. The lowest BCUT2D eigenvalue weighted by Gasteiger charge is -2.32. The van der Waals surface area contributed by atoms with E-state index in [-0.39, 0.29) is 0 Å². The minimum atomic E-state index is -0.573. The molecule has 5 heteroatoms. The van der Waals surface area contributed by atoms with Gasteiger partial charge in [0.25, 0.3) is 0 Å². The van der Waals surface area contributed by atoms with Crippen LogP contribution >= 0.6 is 0 Å². The molecule has 0 atom stereocenters. The molecule has 4 nitrogen and oxygen atoms in total. The summed E-state index contributed by atoms with van der Waals surface area (Å²) < 4.78 is 12.0. The third-order valence-corrected chi connectivity index (χ3v) is 3.85. The van der Waals surface area contributed by atoms with Crippen LogP contribution in [0.3, 0.4) is 0 Å². The van der Waals surface area contributed by atoms with Gasteiger partial charge in [-0.15, -0.1) is 0 Å². The van der Waals surface area contributed by atoms with Crippen molar-refractivity contribution in [2.45, 2.75) is 38.9 Å². The Morgan fingerprint density at radius 2 is 1.84 bits per heavy atom. The van der Waals surface area contributed by atoms with E-state index >= 15 is 0 Å². The first-order chi connectivity index (χ1) is 8.82. The van der Waals surface area contributed by atoms with Crippen molar-refractivity contribution in [1.82, 2.24) is 4.98 Å². The number of pyridine rings is 1. The number of hydrogen-bond acceptors (Lipinski definition) is 4. The summed E-state index contributed by atoms with van der Waals surface area (Å²) in [5, 5.41) is 9.22. The zero-order valence-electron chi connectivity index (χ0n) is 11.7. The molecule has 0 spiro atoms. The van der Waals surface area contributed by atoms with E-state index in [9.17, 15) is 5.26 Å². The minimum absolute atomic E-state index is 0.438. The van der Waals surface area contributed by atoms with Crippen LogP contribution in [0.1, 0.15) is 38.8 Å². The fraction of sp³-hybridized carbons (Fsp3) is 0.429. The number of nitrogens with zero attached hydrogens (tertiary/aromatic N) is 2. The second kappa shape index (κ2) is 4.48. The predicted octanol–water partition coefficient (Wildman–Crippen LogP) is 1.90. The van der Waals surface area contributed by atoms with Crippen molar-refractivity contribution < 1.29 is 9.31 Å². The highest BCUT2D eigenvalue weighted by atomic mass is 16.7. The van der Waals surface area contributed by atoms with Crippen LogP contribution in [0.25, 0.3) is 6.08 Å². The molecule has 1 aliphatic rings. The maximum Gasteiger partial charge on any atom is 0.496 e. The summed E-state index contributed by atoms with van der Waals surface area (Å²) in [7, 11) is -0.573. The SMILES string of the molecule is C=Cc1cncc(C#N)c1B1OC(C)(C)C(C)(C)O1. The van der Waals surface area contributed by atoms with Crippen molar-refractivity contribution >= 4 is 18.7 Å². The van der Waals surface area contributed by atoms with Gasteiger partial charge in [-0.25, -0.2) is 0 Å². The van der Waals surface area contributed by atoms with Crippen LogP contribution in [0.4, 0.5) is 0 Å². The quantitative estimate of drug-likeness (QED) is 0.758. The van der Waals surface area contributed by atoms with Crippen molar-refractivity contribution in [2.24, 2.45) is 0 Å². The molecular weight excluding hydrogens is 239 g/mol. The van der Waals surface area contributed by atoms with Gasteiger partial charge < -0.3 is 9.31 Å². The van der Waals surface area contributed by atoms with Gasteiger partial charge in [0.05, 0.1) is 16.8 Å². The molecule has 98 valence electrons. The highest BCUT2D eigenvalue weighted by Gasteiger charge is 2.52. The Kier molecular flexibility index (Phi) is 3.25. The molecule has 0 unspecified atom stereocenters. The first-order valence-electron chi connectivity index (χ1n) is 6.18. The number of aromatic nitrogens is 1. The van der Waals surface area contributed by atoms with Crippen molar-refractivity contribution in [3.05, 3.63) is 30.1 Å². The lowest BCUT2D eigenvalue weighted by molar-refractivity contribution is 0.00578. The zero-order valence-corrected chi connectivity index (χ0v) is 11.7. The lowest BCUT2D eigenvalue weighted by Crippen LogP contribution is -2.41. The van der Waals surface area contributed by atoms with Crippen LogP contribution in [-0.4, -0.2) is 23.3 Å². The van der Waals surface area contributed by atoms with Gasteiger partial charge in [0.1, 0.15) is 6.07 Å². The van der Waals surface area contributed by atoms with E-state index in [4.69, 9.17) is 9.31 Å². The van der Waals surface area contributed by atoms with E-state index in [1.165, 1.54) is 6.20 Å². The number of rotatable bonds is 2. The number of nitriles is 1. The average Bonchev–Trinajstić information content (AvgIpc) is 2.57. The van der Waals surface area contributed by atoms with Gasteiger partial charge in [0.2, 0.25) is 0 Å². The molecule has 0 amide bonds. The molecule has 0 aliphatic carbocycles. The molecule has 1 aromatic heterocycles. The maximum atomic E-state index is 9.22. The summed E-state index contributed by atoms with van der Waals surface area (Å²) in [4.78, 5) is 4.03. The molecule has 0 N–H and O–H groups in total. The summed E-state index contributed by atoms with van der Waals surface area (Å²) in [6.07, 6.45) is 4.84. The van der Waals surface area contributed by atoms with Crippen molar-refractivity contribution in [1.29, 1.82) is 5.26 Å². The minimum Gasteiger partial charge on any atom is -0.399 e. The molecule has 0 radical (unpaired) electrons. The van der Waals surface area contributed by atoms with Gasteiger partial charge in [-0.2, -0.15) is 5.26 Å². The van der Waals surface area contributed by atoms with Crippen molar-refractivity contribution in [3.63, 3.8) is 0 Å². The molecule has 0 aromatic carbocycles. The van der Waals surface area contributed by atoms with Crippen LogP contribution in [-0.2, 0) is 9.31 Å². The highest BCUT2D eigenvalue weighted by molar-refractivity contribution is 6.63. The first-order valence-corrected chi connectivity index (χ1v) is 6.18. The molecule has 19 heavy (non-hydrogen) atoms. The maximum absolute atomic E-state index is 9.22. The van der Waals surface area contributed by atoms with Gasteiger partial charge in [-0.3, -0.25) is 4.98 Å². The standard InChI is InChI=1S/C14H17BN2O2/c1-6-10-8-17-9-11(7-16)12(10)15-18-13(2,3)14(4,5)19-15/h6,8-9H,1H2,2-5H3. The Hall–Kier alpha value is -1.64. The molecule has 2 rings (SSSR count). The smallest absolute Gasteiger partial charge is 0.399 e. The third kappa shape index (κ3) is 2.18. The summed E-state index contributed by atoms with van der Waals surface area (Å²) in [6, 6.07) is 2.13. The lowest BCUT2D eigenvalue weighted by atomic mass is 9.74. The van der Waals surface area contributed by atoms with Crippen LogP contribution in [0, 0.1) is 11.3 Å². The molecule has 0 saturated carbocycles. The van der Waals surface area contributed by atoms with E-state index in [1.54, 1.807) is 12.3 Å². The van der Waals surface area contributed by atoms with Crippen LogP contribution in [0.15, 0.2) is 19.0 Å². The number of hydrogen-bond donors (Lipinski definition) is 0. The molecule has 2 heterocycles. The summed E-state index contributed by atoms with van der Waals surface area (Å²) in [5.41, 5.74) is 1.04. The monoisotopic (exact) mass is 256 g/mol. The van der Waals surface area contributed by atoms with Gasteiger partial charge in [0, 0.05) is 17.9 Å². The molecule has 0 bridgehead atoms. The van der Waals surface area contributed by atoms with E-state index in [0.717, 1.165) is 5.56 Å². The van der Waals surface area contributed by atoms with E-state index in [2.05, 4.69) is 17.6 Å². The fourth-order valence-electron chi connectivity index (χ4n) is 1.96. The van der Waals surface area contributed by atoms with Crippen LogP contribution in [0.5, 0.6) is 0 Å². The molecule has 1 aromatic rings. The van der Waals surface area contributed by atoms with Crippen LogP contribution < -0.4 is 5.46 Å². The summed E-state index contributed by atoms with van der Waals surface area (Å²) >= 11 is 0. The molecule has 1 aliphatic heterocycles. The van der Waals surface area contributed by atoms with Gasteiger partial charge in [0.15, 0.2) is 0 Å². The highest BCUT2D eigenvalue weighted by Crippen LogP contribution is 2.36. The Balaban J connectivity index is 2.51. The van der Waals surface area contributed by atoms with Gasteiger partial charge in [-0.05, 0) is 33.3 Å². The second-order valence-corrected chi connectivity index (χ2v) is 5.59. The molecular formula is C14H17BN2O2. The normalized spacial score (nSPS) is 20.1. The Morgan fingerprint density at radius 3 is 2.32 bits per heavy atom. The fourth-order valence-corrected chi connectivity index (χ4v) is 1.96. The second-order valence-electron chi connectivity index (χ2n) is 5.59.